The van der Waals surface area contributed by atoms with Gasteiger partial charge >= 0.3 is 0 Å². The van der Waals surface area contributed by atoms with E-state index in [2.05, 4.69) is 29.4 Å². The molecule has 84 valence electrons. The topological polar surface area (TPSA) is 48.2 Å². The van der Waals surface area contributed by atoms with E-state index in [1.54, 1.807) is 0 Å². The molecule has 0 radical (unpaired) electrons. The first-order valence-electron chi connectivity index (χ1n) is 5.06. The van der Waals surface area contributed by atoms with E-state index in [0.29, 0.717) is 11.7 Å². The monoisotopic (exact) mass is 233 g/mol. The van der Waals surface area contributed by atoms with Gasteiger partial charge in [0.1, 0.15) is 0 Å². The van der Waals surface area contributed by atoms with E-state index in [-0.39, 0.29) is 0 Å². The van der Waals surface area contributed by atoms with Gasteiger partial charge in [-0.15, -0.1) is 0 Å². The Balaban J connectivity index is 2.52. The molecule has 1 aromatic carbocycles. The fourth-order valence-corrected chi connectivity index (χ4v) is 1.74. The van der Waals surface area contributed by atoms with E-state index in [4.69, 9.17) is 5.26 Å². The SMILES string of the molecule is CSC(=NCCc1ccccc1C)NC#N. The zero-order valence-corrected chi connectivity index (χ0v) is 10.3. The molecule has 0 unspecified atom stereocenters. The highest BCUT2D eigenvalue weighted by Crippen LogP contribution is 2.07. The third kappa shape index (κ3) is 3.95. The van der Waals surface area contributed by atoms with Gasteiger partial charge < -0.3 is 0 Å². The van der Waals surface area contributed by atoms with Gasteiger partial charge in [0.05, 0.1) is 0 Å². The fraction of sp³-hybridized carbons (Fsp3) is 0.333. The van der Waals surface area contributed by atoms with Crippen LogP contribution in [0.25, 0.3) is 0 Å². The number of thioether (sulfide) groups is 1. The molecule has 3 nitrogen and oxygen atoms in total. The normalized spacial score (nSPS) is 10.9. The lowest BCUT2D eigenvalue weighted by Crippen LogP contribution is -2.14. The Morgan fingerprint density at radius 1 is 1.50 bits per heavy atom. The molecule has 4 heteroatoms. The molecule has 0 aliphatic heterocycles. The lowest BCUT2D eigenvalue weighted by atomic mass is 10.1. The molecule has 0 aliphatic rings. The first kappa shape index (κ1) is 12.6. The van der Waals surface area contributed by atoms with Crippen LogP contribution < -0.4 is 5.32 Å². The molecule has 0 spiro atoms. The smallest absolute Gasteiger partial charge is 0.183 e. The predicted octanol–water partition coefficient (Wildman–Crippen LogP) is 2.33. The van der Waals surface area contributed by atoms with Crippen molar-refractivity contribution in [2.24, 2.45) is 4.99 Å². The number of aliphatic imine (C=N–C) groups is 1. The zero-order valence-electron chi connectivity index (χ0n) is 9.53. The summed E-state index contributed by atoms with van der Waals surface area (Å²) in [5.74, 6) is 0. The molecule has 1 aromatic rings. The summed E-state index contributed by atoms with van der Waals surface area (Å²) in [6, 6.07) is 8.28. The third-order valence-corrected chi connectivity index (χ3v) is 2.87. The second-order valence-corrected chi connectivity index (χ2v) is 4.10. The molecule has 0 saturated heterocycles. The Bertz CT molecular complexity index is 407. The number of rotatable bonds is 3. The Morgan fingerprint density at radius 3 is 2.88 bits per heavy atom. The molecule has 0 fully saturated rings. The zero-order chi connectivity index (χ0) is 11.8. The summed E-state index contributed by atoms with van der Waals surface area (Å²) in [6.07, 6.45) is 4.68. The number of benzene rings is 1. The van der Waals surface area contributed by atoms with Gasteiger partial charge in [0.25, 0.3) is 0 Å². The highest BCUT2D eigenvalue weighted by Gasteiger charge is 1.97. The first-order chi connectivity index (χ1) is 7.77. The molecule has 1 rings (SSSR count). The van der Waals surface area contributed by atoms with Crippen molar-refractivity contribution in [3.8, 4) is 6.19 Å². The number of amidine groups is 1. The van der Waals surface area contributed by atoms with E-state index in [0.717, 1.165) is 6.42 Å². The van der Waals surface area contributed by atoms with Crippen molar-refractivity contribution >= 4 is 16.9 Å². The number of aryl methyl sites for hydroxylation is 1. The highest BCUT2D eigenvalue weighted by atomic mass is 32.2. The molecule has 0 heterocycles. The number of hydrogen-bond donors (Lipinski definition) is 1. The van der Waals surface area contributed by atoms with Gasteiger partial charge in [-0.25, -0.2) is 0 Å². The molecule has 0 aliphatic carbocycles. The molecule has 0 bridgehead atoms. The molecule has 0 amide bonds. The minimum absolute atomic E-state index is 0.677. The first-order valence-corrected chi connectivity index (χ1v) is 6.28. The van der Waals surface area contributed by atoms with Crippen LogP contribution in [0.5, 0.6) is 0 Å². The Hall–Kier alpha value is -1.47. The molecular formula is C12H15N3S. The third-order valence-electron chi connectivity index (χ3n) is 2.25. The summed E-state index contributed by atoms with van der Waals surface area (Å²) in [7, 11) is 0. The quantitative estimate of drug-likeness (QED) is 0.377. The van der Waals surface area contributed by atoms with Crippen molar-refractivity contribution in [3.05, 3.63) is 35.4 Å². The van der Waals surface area contributed by atoms with Crippen LogP contribution in [0.2, 0.25) is 0 Å². The van der Waals surface area contributed by atoms with Crippen molar-refractivity contribution in [1.29, 1.82) is 5.26 Å². The summed E-state index contributed by atoms with van der Waals surface area (Å²) >= 11 is 1.45. The van der Waals surface area contributed by atoms with Crippen LogP contribution in [-0.2, 0) is 6.42 Å². The number of nitrogens with zero attached hydrogens (tertiary/aromatic N) is 2. The van der Waals surface area contributed by atoms with Crippen molar-refractivity contribution in [2.45, 2.75) is 13.3 Å². The lowest BCUT2D eigenvalue weighted by molar-refractivity contribution is 0.954. The van der Waals surface area contributed by atoms with E-state index in [1.807, 2.05) is 24.6 Å². The summed E-state index contributed by atoms with van der Waals surface area (Å²) in [6.45, 7) is 2.80. The Labute approximate surface area is 101 Å². The fourth-order valence-electron chi connectivity index (χ4n) is 1.37. The maximum Gasteiger partial charge on any atom is 0.183 e. The molecule has 0 atom stereocenters. The van der Waals surface area contributed by atoms with Crippen LogP contribution in [0.4, 0.5) is 0 Å². The van der Waals surface area contributed by atoms with E-state index < -0.39 is 0 Å². The molecule has 0 saturated carbocycles. The van der Waals surface area contributed by atoms with Gasteiger partial charge in [-0.1, -0.05) is 36.0 Å². The number of hydrogen-bond acceptors (Lipinski definition) is 3. The maximum atomic E-state index is 8.47. The molecule has 16 heavy (non-hydrogen) atoms. The molecule has 1 N–H and O–H groups in total. The van der Waals surface area contributed by atoms with Crippen LogP contribution in [0, 0.1) is 18.4 Å². The van der Waals surface area contributed by atoms with Gasteiger partial charge in [-0.2, -0.15) is 5.26 Å². The second-order valence-electron chi connectivity index (χ2n) is 3.30. The predicted molar refractivity (Wildman–Crippen MR) is 69.4 cm³/mol. The van der Waals surface area contributed by atoms with E-state index in [1.165, 1.54) is 22.9 Å². The summed E-state index contributed by atoms with van der Waals surface area (Å²) in [5, 5.41) is 11.7. The van der Waals surface area contributed by atoms with Gasteiger partial charge in [0, 0.05) is 6.54 Å². The van der Waals surface area contributed by atoms with Gasteiger partial charge in [-0.05, 0) is 30.7 Å². The minimum Gasteiger partial charge on any atom is -0.272 e. The van der Waals surface area contributed by atoms with Gasteiger partial charge in [-0.3, -0.25) is 10.3 Å². The summed E-state index contributed by atoms with van der Waals surface area (Å²) < 4.78 is 0. The van der Waals surface area contributed by atoms with E-state index >= 15 is 0 Å². The van der Waals surface area contributed by atoms with Crippen molar-refractivity contribution < 1.29 is 0 Å². The standard InChI is InChI=1S/C12H15N3S/c1-10-5-3-4-6-11(10)7-8-14-12(16-2)15-9-13/h3-6H,7-8H2,1-2H3,(H,14,15). The Morgan fingerprint density at radius 2 is 2.25 bits per heavy atom. The van der Waals surface area contributed by atoms with Crippen molar-refractivity contribution in [1.82, 2.24) is 5.32 Å². The largest absolute Gasteiger partial charge is 0.272 e. The maximum absolute atomic E-state index is 8.47. The lowest BCUT2D eigenvalue weighted by Gasteiger charge is -2.03. The number of nitrogens with one attached hydrogen (secondary N) is 1. The van der Waals surface area contributed by atoms with E-state index in [9.17, 15) is 0 Å². The molecular weight excluding hydrogens is 218 g/mol. The van der Waals surface area contributed by atoms with Crippen LogP contribution in [0.15, 0.2) is 29.3 Å². The van der Waals surface area contributed by atoms with Crippen LogP contribution in [-0.4, -0.2) is 18.0 Å². The average molecular weight is 233 g/mol. The minimum atomic E-state index is 0.677. The highest BCUT2D eigenvalue weighted by molar-refractivity contribution is 8.13. The Kier molecular flexibility index (Phi) is 5.44. The second kappa shape index (κ2) is 6.91. The average Bonchev–Trinajstić information content (AvgIpc) is 2.30. The van der Waals surface area contributed by atoms with Gasteiger partial charge in [0.2, 0.25) is 0 Å². The van der Waals surface area contributed by atoms with Crippen LogP contribution in [0.1, 0.15) is 11.1 Å². The van der Waals surface area contributed by atoms with Gasteiger partial charge in [0.15, 0.2) is 11.4 Å². The van der Waals surface area contributed by atoms with Crippen molar-refractivity contribution in [2.75, 3.05) is 12.8 Å². The van der Waals surface area contributed by atoms with Crippen molar-refractivity contribution in [3.63, 3.8) is 0 Å². The molecule has 0 aromatic heterocycles. The van der Waals surface area contributed by atoms with Crippen LogP contribution >= 0.6 is 11.8 Å². The summed E-state index contributed by atoms with van der Waals surface area (Å²) in [4.78, 5) is 4.31. The summed E-state index contributed by atoms with van der Waals surface area (Å²) in [5.41, 5.74) is 2.60. The van der Waals surface area contributed by atoms with Crippen LogP contribution in [0.3, 0.4) is 0 Å². The number of nitriles is 1.